The van der Waals surface area contributed by atoms with Crippen LogP contribution in [0, 0.1) is 0 Å². The van der Waals surface area contributed by atoms with Crippen molar-refractivity contribution in [2.75, 3.05) is 4.90 Å². The molecule has 1 unspecified atom stereocenters. The molecule has 0 bridgehead atoms. The van der Waals surface area contributed by atoms with Crippen molar-refractivity contribution in [3.05, 3.63) is 65.2 Å². The molecule has 140 valence electrons. The molecule has 26 heavy (non-hydrogen) atoms. The normalized spacial score (nSPS) is 22.7. The van der Waals surface area contributed by atoms with Gasteiger partial charge in [-0.3, -0.25) is 0 Å². The van der Waals surface area contributed by atoms with Crippen LogP contribution in [0.15, 0.2) is 48.5 Å². The zero-order valence-electron chi connectivity index (χ0n) is 17.6. The van der Waals surface area contributed by atoms with E-state index in [2.05, 4.69) is 102 Å². The predicted octanol–water partition coefficient (Wildman–Crippen LogP) is 6.71. The van der Waals surface area contributed by atoms with Crippen LogP contribution in [0.25, 0.3) is 0 Å². The lowest BCUT2D eigenvalue weighted by Crippen LogP contribution is -2.44. The van der Waals surface area contributed by atoms with Gasteiger partial charge in [0.25, 0.3) is 0 Å². The van der Waals surface area contributed by atoms with Crippen LogP contribution in [0.5, 0.6) is 0 Å². The molecular formula is C25H35N. The van der Waals surface area contributed by atoms with Gasteiger partial charge in [-0.2, -0.15) is 0 Å². The van der Waals surface area contributed by atoms with Crippen LogP contribution in [0.3, 0.4) is 0 Å². The van der Waals surface area contributed by atoms with Crippen molar-refractivity contribution in [2.45, 2.75) is 84.2 Å². The van der Waals surface area contributed by atoms with Crippen LogP contribution in [0.1, 0.15) is 77.5 Å². The zero-order valence-corrected chi connectivity index (χ0v) is 17.6. The van der Waals surface area contributed by atoms with Crippen LogP contribution in [-0.2, 0) is 11.8 Å². The number of benzene rings is 2. The van der Waals surface area contributed by atoms with E-state index in [0.717, 1.165) is 6.42 Å². The summed E-state index contributed by atoms with van der Waals surface area (Å²) in [7, 11) is 0. The summed E-state index contributed by atoms with van der Waals surface area (Å²) in [4.78, 5) is 2.74. The quantitative estimate of drug-likeness (QED) is 0.595. The van der Waals surface area contributed by atoms with Gasteiger partial charge in [-0.25, -0.2) is 0 Å². The smallest absolute Gasteiger partial charge is 0.0443 e. The van der Waals surface area contributed by atoms with Crippen molar-refractivity contribution in [2.24, 2.45) is 0 Å². The lowest BCUT2D eigenvalue weighted by molar-refractivity contribution is 0.494. The van der Waals surface area contributed by atoms with Crippen molar-refractivity contribution in [3.8, 4) is 0 Å². The number of anilines is 1. The molecule has 0 aliphatic carbocycles. The van der Waals surface area contributed by atoms with Crippen molar-refractivity contribution < 1.29 is 0 Å². The Morgan fingerprint density at radius 1 is 1.00 bits per heavy atom. The van der Waals surface area contributed by atoms with Crippen molar-refractivity contribution in [1.29, 1.82) is 0 Å². The van der Waals surface area contributed by atoms with Crippen molar-refractivity contribution >= 4 is 5.69 Å². The van der Waals surface area contributed by atoms with Gasteiger partial charge in [-0.1, -0.05) is 76.2 Å². The summed E-state index contributed by atoms with van der Waals surface area (Å²) in [5, 5.41) is 0. The lowest BCUT2D eigenvalue weighted by Gasteiger charge is -2.41. The first-order chi connectivity index (χ1) is 12.2. The Kier molecular flexibility index (Phi) is 4.94. The molecule has 1 saturated heterocycles. The van der Waals surface area contributed by atoms with E-state index in [9.17, 15) is 0 Å². The topological polar surface area (TPSA) is 3.24 Å². The standard InChI is InChI=1S/C25H35N/c1-8-19-15-12-16-22(24(3,4)5)23(19)26-18(2)21(17-25(26,6)7)20-13-10-9-11-14-20/h9-16,18,21H,8,17H2,1-7H3/t18-,21?/m0/s1. The Morgan fingerprint density at radius 2 is 1.65 bits per heavy atom. The van der Waals surface area contributed by atoms with Crippen LogP contribution >= 0.6 is 0 Å². The third kappa shape index (κ3) is 3.29. The fourth-order valence-electron chi connectivity index (χ4n) is 4.91. The Morgan fingerprint density at radius 3 is 2.23 bits per heavy atom. The molecule has 1 aliphatic rings. The minimum atomic E-state index is 0.140. The van der Waals surface area contributed by atoms with Gasteiger partial charge in [-0.05, 0) is 55.7 Å². The number of hydrogen-bond acceptors (Lipinski definition) is 1. The van der Waals surface area contributed by atoms with E-state index in [1.165, 1.54) is 28.8 Å². The highest BCUT2D eigenvalue weighted by atomic mass is 15.3. The van der Waals surface area contributed by atoms with Gasteiger partial charge < -0.3 is 4.90 Å². The molecular weight excluding hydrogens is 314 g/mol. The summed E-state index contributed by atoms with van der Waals surface area (Å²) in [6.07, 6.45) is 2.27. The fourth-order valence-corrected chi connectivity index (χ4v) is 4.91. The van der Waals surface area contributed by atoms with Gasteiger partial charge in [0.2, 0.25) is 0 Å². The predicted molar refractivity (Wildman–Crippen MR) is 114 cm³/mol. The summed E-state index contributed by atoms with van der Waals surface area (Å²) in [6.45, 7) is 16.6. The third-order valence-corrected chi connectivity index (χ3v) is 6.14. The van der Waals surface area contributed by atoms with E-state index in [1.54, 1.807) is 0 Å². The molecule has 1 heterocycles. The second-order valence-electron chi connectivity index (χ2n) is 9.56. The van der Waals surface area contributed by atoms with Gasteiger partial charge in [0.15, 0.2) is 0 Å². The maximum Gasteiger partial charge on any atom is 0.0443 e. The van der Waals surface area contributed by atoms with Crippen molar-refractivity contribution in [1.82, 2.24) is 0 Å². The molecule has 0 spiro atoms. The number of hydrogen-bond donors (Lipinski definition) is 0. The molecule has 1 nitrogen and oxygen atoms in total. The largest absolute Gasteiger partial charge is 0.363 e. The second kappa shape index (κ2) is 6.76. The Labute approximate surface area is 160 Å². The molecule has 0 N–H and O–H groups in total. The molecule has 2 aromatic carbocycles. The average Bonchev–Trinajstić information content (AvgIpc) is 2.83. The molecule has 3 rings (SSSR count). The van der Waals surface area contributed by atoms with E-state index in [-0.39, 0.29) is 11.0 Å². The van der Waals surface area contributed by atoms with Crippen LogP contribution in [0.4, 0.5) is 5.69 Å². The summed E-state index contributed by atoms with van der Waals surface area (Å²) in [6, 6.07) is 18.5. The molecule has 2 aromatic rings. The van der Waals surface area contributed by atoms with E-state index >= 15 is 0 Å². The van der Waals surface area contributed by atoms with Gasteiger partial charge >= 0.3 is 0 Å². The monoisotopic (exact) mass is 349 g/mol. The summed E-state index contributed by atoms with van der Waals surface area (Å²) in [5.41, 5.74) is 6.20. The van der Waals surface area contributed by atoms with Gasteiger partial charge in [-0.15, -0.1) is 0 Å². The van der Waals surface area contributed by atoms with Crippen LogP contribution in [-0.4, -0.2) is 11.6 Å². The number of nitrogens with zero attached hydrogens (tertiary/aromatic N) is 1. The molecule has 0 aromatic heterocycles. The van der Waals surface area contributed by atoms with Crippen molar-refractivity contribution in [3.63, 3.8) is 0 Å². The second-order valence-corrected chi connectivity index (χ2v) is 9.56. The molecule has 2 atom stereocenters. The van der Waals surface area contributed by atoms with E-state index in [4.69, 9.17) is 0 Å². The molecule has 0 saturated carbocycles. The summed E-state index contributed by atoms with van der Waals surface area (Å²) in [5.74, 6) is 0.573. The number of aryl methyl sites for hydroxylation is 1. The Hall–Kier alpha value is -1.76. The third-order valence-electron chi connectivity index (χ3n) is 6.14. The average molecular weight is 350 g/mol. The SMILES string of the molecule is CCc1cccc(C(C)(C)C)c1N1[C@@H](C)C(c2ccccc2)CC1(C)C. The molecule has 0 amide bonds. The van der Waals surface area contributed by atoms with Crippen LogP contribution < -0.4 is 4.90 Å². The Bertz CT molecular complexity index is 751. The van der Waals surface area contributed by atoms with Crippen LogP contribution in [0.2, 0.25) is 0 Å². The highest BCUT2D eigenvalue weighted by Crippen LogP contribution is 2.49. The Balaban J connectivity index is 2.14. The van der Waals surface area contributed by atoms with Gasteiger partial charge in [0, 0.05) is 23.2 Å². The molecule has 1 heteroatoms. The number of para-hydroxylation sites is 1. The maximum absolute atomic E-state index is 2.74. The zero-order chi connectivity index (χ0) is 19.1. The summed E-state index contributed by atoms with van der Waals surface area (Å²) < 4.78 is 0. The fraction of sp³-hybridized carbons (Fsp3) is 0.520. The highest BCUT2D eigenvalue weighted by molar-refractivity contribution is 5.65. The summed E-state index contributed by atoms with van der Waals surface area (Å²) >= 11 is 0. The molecule has 0 radical (unpaired) electrons. The maximum atomic E-state index is 2.74. The minimum Gasteiger partial charge on any atom is -0.363 e. The van der Waals surface area contributed by atoms with E-state index in [1.807, 2.05) is 0 Å². The minimum absolute atomic E-state index is 0.140. The van der Waals surface area contributed by atoms with E-state index < -0.39 is 0 Å². The number of rotatable bonds is 3. The van der Waals surface area contributed by atoms with E-state index in [0.29, 0.717) is 12.0 Å². The first-order valence-corrected chi connectivity index (χ1v) is 10.1. The molecule has 1 fully saturated rings. The molecule has 1 aliphatic heterocycles. The first kappa shape index (κ1) is 19.0. The first-order valence-electron chi connectivity index (χ1n) is 10.1. The lowest BCUT2D eigenvalue weighted by atomic mass is 9.83. The highest BCUT2D eigenvalue weighted by Gasteiger charge is 2.46. The van der Waals surface area contributed by atoms with Gasteiger partial charge in [0.1, 0.15) is 0 Å². The van der Waals surface area contributed by atoms with Gasteiger partial charge in [0.05, 0.1) is 0 Å².